The third kappa shape index (κ3) is 1.29. The minimum atomic E-state index is 0.894. The molecule has 2 atom stereocenters. The Morgan fingerprint density at radius 1 is 1.14 bits per heavy atom. The van der Waals surface area contributed by atoms with E-state index in [-0.39, 0.29) is 0 Å². The summed E-state index contributed by atoms with van der Waals surface area (Å²) in [7, 11) is 0. The molecule has 0 spiro atoms. The van der Waals surface area contributed by atoms with Crippen LogP contribution in [0.1, 0.15) is 13.8 Å². The zero-order valence-electron chi connectivity index (χ0n) is 4.68. The summed E-state index contributed by atoms with van der Waals surface area (Å²) in [5, 5.41) is 3.09. The molecule has 1 unspecified atom stereocenters. The van der Waals surface area contributed by atoms with Crippen molar-refractivity contribution >= 4 is 23.5 Å². The van der Waals surface area contributed by atoms with Gasteiger partial charge < -0.3 is 0 Å². The maximum atomic E-state index is 2.30. The Kier molecular flexibility index (Phi) is 1.93. The molecule has 7 heavy (non-hydrogen) atoms. The van der Waals surface area contributed by atoms with Gasteiger partial charge in [-0.2, -0.15) is 0 Å². The Balaban J connectivity index is 2.33. The fourth-order valence-electron chi connectivity index (χ4n) is 0.525. The van der Waals surface area contributed by atoms with Crippen LogP contribution >= 0.6 is 23.5 Å². The first-order valence-electron chi connectivity index (χ1n) is 2.54. The van der Waals surface area contributed by atoms with Crippen LogP contribution in [0.5, 0.6) is 0 Å². The van der Waals surface area contributed by atoms with Crippen LogP contribution in [0.2, 0.25) is 0 Å². The number of hydrogen-bond acceptors (Lipinski definition) is 2. The zero-order chi connectivity index (χ0) is 5.28. The van der Waals surface area contributed by atoms with Crippen molar-refractivity contribution in [3.63, 3.8) is 0 Å². The molecule has 0 bridgehead atoms. The van der Waals surface area contributed by atoms with Crippen molar-refractivity contribution in [2.45, 2.75) is 24.3 Å². The van der Waals surface area contributed by atoms with Crippen LogP contribution in [-0.4, -0.2) is 15.6 Å². The highest BCUT2D eigenvalue weighted by atomic mass is 32.2. The molecular weight excluding hydrogens is 124 g/mol. The maximum absolute atomic E-state index is 2.30. The van der Waals surface area contributed by atoms with E-state index in [1.54, 1.807) is 0 Å². The Labute approximate surface area is 53.4 Å². The molecule has 0 nitrogen and oxygen atoms in total. The van der Waals surface area contributed by atoms with Gasteiger partial charge in [0.1, 0.15) is 0 Å². The lowest BCUT2D eigenvalue weighted by Gasteiger charge is -2.02. The number of thioether (sulfide) groups is 2. The van der Waals surface area contributed by atoms with Crippen molar-refractivity contribution in [3.05, 3.63) is 0 Å². The van der Waals surface area contributed by atoms with Gasteiger partial charge in [0, 0.05) is 15.6 Å². The first-order chi connectivity index (χ1) is 3.30. The molecule has 0 aromatic heterocycles. The van der Waals surface area contributed by atoms with Gasteiger partial charge in [0.15, 0.2) is 0 Å². The Morgan fingerprint density at radius 3 is 1.71 bits per heavy atom. The summed E-state index contributed by atoms with van der Waals surface area (Å²) in [6.45, 7) is 4.60. The largest absolute Gasteiger partial charge is 0.147 e. The molecule has 0 aromatic carbocycles. The minimum absolute atomic E-state index is 0.894. The number of rotatable bonds is 0. The molecule has 1 aliphatic rings. The molecule has 1 heterocycles. The quantitative estimate of drug-likeness (QED) is 0.498. The predicted molar refractivity (Wildman–Crippen MR) is 39.0 cm³/mol. The van der Waals surface area contributed by atoms with Crippen LogP contribution in [0.4, 0.5) is 0 Å². The summed E-state index contributed by atoms with van der Waals surface area (Å²) in [6.07, 6.45) is 0. The third-order valence-corrected chi connectivity index (χ3v) is 4.45. The van der Waals surface area contributed by atoms with E-state index >= 15 is 0 Å². The van der Waals surface area contributed by atoms with E-state index in [1.807, 2.05) is 0 Å². The van der Waals surface area contributed by atoms with Crippen molar-refractivity contribution < 1.29 is 0 Å². The zero-order valence-corrected chi connectivity index (χ0v) is 6.31. The summed E-state index contributed by atoms with van der Waals surface area (Å²) in [5.74, 6) is 0. The van der Waals surface area contributed by atoms with Gasteiger partial charge in [-0.15, -0.1) is 23.5 Å². The standard InChI is InChI=1S/C5H10S2/c1-4-5(2)7-3-6-4/h4-5H,3H2,1-2H3/t4-,5?/m0/s1. The fourth-order valence-corrected chi connectivity index (χ4v) is 3.57. The van der Waals surface area contributed by atoms with Crippen molar-refractivity contribution in [2.24, 2.45) is 0 Å². The molecule has 0 N–H and O–H groups in total. The summed E-state index contributed by atoms with van der Waals surface area (Å²) in [4.78, 5) is 0. The van der Waals surface area contributed by atoms with Crippen LogP contribution in [-0.2, 0) is 0 Å². The monoisotopic (exact) mass is 134 g/mol. The Morgan fingerprint density at radius 2 is 1.57 bits per heavy atom. The van der Waals surface area contributed by atoms with Gasteiger partial charge in [-0.1, -0.05) is 13.8 Å². The van der Waals surface area contributed by atoms with Gasteiger partial charge in [-0.05, 0) is 0 Å². The summed E-state index contributed by atoms with van der Waals surface area (Å²) < 4.78 is 0. The highest BCUT2D eigenvalue weighted by molar-refractivity contribution is 8.19. The fraction of sp³-hybridized carbons (Fsp3) is 1.00. The van der Waals surface area contributed by atoms with Gasteiger partial charge in [0.25, 0.3) is 0 Å². The lowest BCUT2D eigenvalue weighted by molar-refractivity contribution is 0.941. The average Bonchev–Trinajstić information content (AvgIpc) is 1.91. The van der Waals surface area contributed by atoms with E-state index in [2.05, 4.69) is 37.4 Å². The van der Waals surface area contributed by atoms with Crippen LogP contribution in [0.3, 0.4) is 0 Å². The Bertz CT molecular complexity index is 55.1. The molecule has 42 valence electrons. The summed E-state index contributed by atoms with van der Waals surface area (Å²) >= 11 is 4.14. The van der Waals surface area contributed by atoms with Crippen LogP contribution in [0.25, 0.3) is 0 Å². The molecule has 0 aromatic rings. The second kappa shape index (κ2) is 2.31. The van der Waals surface area contributed by atoms with Gasteiger partial charge >= 0.3 is 0 Å². The predicted octanol–water partition coefficient (Wildman–Crippen LogP) is 2.20. The third-order valence-electron chi connectivity index (χ3n) is 1.32. The van der Waals surface area contributed by atoms with Crippen LogP contribution in [0.15, 0.2) is 0 Å². The molecule has 0 radical (unpaired) electrons. The first-order valence-corrected chi connectivity index (χ1v) is 4.63. The van der Waals surface area contributed by atoms with E-state index in [0.29, 0.717) is 0 Å². The first kappa shape index (κ1) is 5.83. The molecule has 1 fully saturated rings. The second-order valence-electron chi connectivity index (χ2n) is 1.86. The van der Waals surface area contributed by atoms with Crippen molar-refractivity contribution in [2.75, 3.05) is 5.08 Å². The smallest absolute Gasteiger partial charge is 0.0398 e. The van der Waals surface area contributed by atoms with Crippen LogP contribution < -0.4 is 0 Å². The van der Waals surface area contributed by atoms with Crippen molar-refractivity contribution in [1.29, 1.82) is 0 Å². The Hall–Kier alpha value is 0.700. The number of hydrogen-bond donors (Lipinski definition) is 0. The van der Waals surface area contributed by atoms with Gasteiger partial charge in [0.05, 0.1) is 0 Å². The lowest BCUT2D eigenvalue weighted by atomic mass is 10.4. The molecule has 0 aliphatic carbocycles. The normalized spacial score (nSPS) is 42.0. The molecule has 1 saturated heterocycles. The topological polar surface area (TPSA) is 0 Å². The molecule has 2 heteroatoms. The van der Waals surface area contributed by atoms with E-state index in [9.17, 15) is 0 Å². The highest BCUT2D eigenvalue weighted by Gasteiger charge is 2.18. The SMILES string of the molecule is CC1SCS[C@H]1C. The minimum Gasteiger partial charge on any atom is -0.147 e. The summed E-state index contributed by atoms with van der Waals surface area (Å²) in [5.41, 5.74) is 0. The lowest BCUT2D eigenvalue weighted by Crippen LogP contribution is -2.04. The van der Waals surface area contributed by atoms with E-state index in [0.717, 1.165) is 10.5 Å². The van der Waals surface area contributed by atoms with Crippen molar-refractivity contribution in [1.82, 2.24) is 0 Å². The summed E-state index contributed by atoms with van der Waals surface area (Å²) in [6, 6.07) is 0. The van der Waals surface area contributed by atoms with Crippen LogP contribution in [0, 0.1) is 0 Å². The molecule has 0 amide bonds. The average molecular weight is 134 g/mol. The van der Waals surface area contributed by atoms with Gasteiger partial charge in [-0.3, -0.25) is 0 Å². The molecule has 0 saturated carbocycles. The molecular formula is C5H10S2. The van der Waals surface area contributed by atoms with Gasteiger partial charge in [-0.25, -0.2) is 0 Å². The molecule has 1 aliphatic heterocycles. The van der Waals surface area contributed by atoms with Crippen molar-refractivity contribution in [3.8, 4) is 0 Å². The van der Waals surface area contributed by atoms with Gasteiger partial charge in [0.2, 0.25) is 0 Å². The van der Waals surface area contributed by atoms with E-state index in [1.165, 1.54) is 5.08 Å². The van der Waals surface area contributed by atoms with E-state index < -0.39 is 0 Å². The highest BCUT2D eigenvalue weighted by Crippen LogP contribution is 2.35. The molecule has 1 rings (SSSR count). The van der Waals surface area contributed by atoms with E-state index in [4.69, 9.17) is 0 Å². The maximum Gasteiger partial charge on any atom is 0.0398 e. The second-order valence-corrected chi connectivity index (χ2v) is 4.96.